The Morgan fingerprint density at radius 3 is 2.62 bits per heavy atom. The van der Waals surface area contributed by atoms with Crippen molar-refractivity contribution in [2.45, 2.75) is 25.1 Å². The molecule has 2 atom stereocenters. The van der Waals surface area contributed by atoms with Crippen molar-refractivity contribution in [1.82, 2.24) is 10.6 Å². The SMILES string of the molecule is O=C(CN[C@H]1CCO[C@@H]1c1ccc(Cl)cc1)NCc1ccccc1. The van der Waals surface area contributed by atoms with Gasteiger partial charge in [0.15, 0.2) is 0 Å². The molecule has 1 aliphatic rings. The van der Waals surface area contributed by atoms with E-state index in [-0.39, 0.29) is 24.6 Å². The quantitative estimate of drug-likeness (QED) is 0.846. The zero-order valence-corrected chi connectivity index (χ0v) is 14.1. The van der Waals surface area contributed by atoms with Gasteiger partial charge >= 0.3 is 0 Å². The second kappa shape index (κ2) is 8.29. The Morgan fingerprint density at radius 1 is 1.12 bits per heavy atom. The highest BCUT2D eigenvalue weighted by Crippen LogP contribution is 2.29. The van der Waals surface area contributed by atoms with Crippen molar-refractivity contribution in [3.05, 3.63) is 70.7 Å². The molecule has 126 valence electrons. The van der Waals surface area contributed by atoms with Gasteiger partial charge < -0.3 is 15.4 Å². The van der Waals surface area contributed by atoms with Crippen LogP contribution in [0, 0.1) is 0 Å². The van der Waals surface area contributed by atoms with Crippen molar-refractivity contribution in [1.29, 1.82) is 0 Å². The summed E-state index contributed by atoms with van der Waals surface area (Å²) in [6, 6.07) is 17.7. The lowest BCUT2D eigenvalue weighted by Gasteiger charge is -2.20. The van der Waals surface area contributed by atoms with E-state index in [1.54, 1.807) is 0 Å². The molecule has 0 spiro atoms. The first-order valence-electron chi connectivity index (χ1n) is 8.13. The molecule has 0 aliphatic carbocycles. The molecule has 3 rings (SSSR count). The molecule has 1 heterocycles. The highest BCUT2D eigenvalue weighted by Gasteiger charge is 2.29. The number of amides is 1. The first-order chi connectivity index (χ1) is 11.7. The molecule has 1 saturated heterocycles. The number of nitrogens with one attached hydrogen (secondary N) is 2. The van der Waals surface area contributed by atoms with Crippen molar-refractivity contribution in [3.63, 3.8) is 0 Å². The normalized spacial score (nSPS) is 20.0. The second-order valence-electron chi connectivity index (χ2n) is 5.88. The number of rotatable bonds is 6. The van der Waals surface area contributed by atoms with E-state index in [1.165, 1.54) is 0 Å². The molecule has 0 saturated carbocycles. The lowest BCUT2D eigenvalue weighted by molar-refractivity contribution is -0.120. The van der Waals surface area contributed by atoms with Crippen LogP contribution in [-0.4, -0.2) is 25.1 Å². The number of carbonyl (C=O) groups excluding carboxylic acids is 1. The third-order valence-electron chi connectivity index (χ3n) is 4.15. The first-order valence-corrected chi connectivity index (χ1v) is 8.51. The molecular weight excluding hydrogens is 324 g/mol. The summed E-state index contributed by atoms with van der Waals surface area (Å²) in [5, 5.41) is 6.95. The summed E-state index contributed by atoms with van der Waals surface area (Å²) < 4.78 is 5.82. The topological polar surface area (TPSA) is 50.4 Å². The van der Waals surface area contributed by atoms with Gasteiger partial charge in [-0.25, -0.2) is 0 Å². The van der Waals surface area contributed by atoms with E-state index in [9.17, 15) is 4.79 Å². The van der Waals surface area contributed by atoms with Gasteiger partial charge in [-0.2, -0.15) is 0 Å². The van der Waals surface area contributed by atoms with Gasteiger partial charge in [0.2, 0.25) is 5.91 Å². The van der Waals surface area contributed by atoms with E-state index in [2.05, 4.69) is 10.6 Å². The van der Waals surface area contributed by atoms with Crippen LogP contribution in [0.1, 0.15) is 23.7 Å². The van der Waals surface area contributed by atoms with Crippen LogP contribution in [0.4, 0.5) is 0 Å². The molecule has 4 nitrogen and oxygen atoms in total. The van der Waals surface area contributed by atoms with Crippen LogP contribution >= 0.6 is 11.6 Å². The summed E-state index contributed by atoms with van der Waals surface area (Å²) in [5.41, 5.74) is 2.17. The molecule has 1 fully saturated rings. The maximum Gasteiger partial charge on any atom is 0.234 e. The lowest BCUT2D eigenvalue weighted by atomic mass is 10.0. The highest BCUT2D eigenvalue weighted by atomic mass is 35.5. The lowest BCUT2D eigenvalue weighted by Crippen LogP contribution is -2.40. The first kappa shape index (κ1) is 17.0. The minimum atomic E-state index is -0.0378. The molecule has 1 amide bonds. The molecule has 2 N–H and O–H groups in total. The van der Waals surface area contributed by atoms with Gasteiger partial charge in [0.25, 0.3) is 0 Å². The standard InChI is InChI=1S/C19H21ClN2O2/c20-16-8-6-15(7-9-16)19-17(10-11-24-19)21-13-18(23)22-12-14-4-2-1-3-5-14/h1-9,17,19,21H,10-13H2,(H,22,23)/t17-,19+/m0/s1. The van der Waals surface area contributed by atoms with E-state index in [0.29, 0.717) is 18.2 Å². The van der Waals surface area contributed by atoms with E-state index < -0.39 is 0 Å². The van der Waals surface area contributed by atoms with Crippen molar-refractivity contribution in [3.8, 4) is 0 Å². The third kappa shape index (κ3) is 4.57. The van der Waals surface area contributed by atoms with Crippen LogP contribution in [0.15, 0.2) is 54.6 Å². The summed E-state index contributed by atoms with van der Waals surface area (Å²) in [7, 11) is 0. The number of hydrogen-bond acceptors (Lipinski definition) is 3. The summed E-state index contributed by atoms with van der Waals surface area (Å²) >= 11 is 5.93. The van der Waals surface area contributed by atoms with Crippen LogP contribution in [0.5, 0.6) is 0 Å². The van der Waals surface area contributed by atoms with Crippen LogP contribution in [-0.2, 0) is 16.1 Å². The van der Waals surface area contributed by atoms with Crippen molar-refractivity contribution in [2.75, 3.05) is 13.2 Å². The fraction of sp³-hybridized carbons (Fsp3) is 0.316. The Balaban J connectivity index is 1.48. The molecule has 1 aliphatic heterocycles. The van der Waals surface area contributed by atoms with Crippen LogP contribution in [0.3, 0.4) is 0 Å². The maximum absolute atomic E-state index is 12.0. The summed E-state index contributed by atoms with van der Waals surface area (Å²) in [6.45, 7) is 1.52. The molecule has 2 aromatic rings. The Morgan fingerprint density at radius 2 is 1.88 bits per heavy atom. The number of benzene rings is 2. The average molecular weight is 345 g/mol. The monoisotopic (exact) mass is 344 g/mol. The number of carbonyl (C=O) groups is 1. The predicted octanol–water partition coefficient (Wildman–Crippen LogP) is 3.08. The molecule has 2 aromatic carbocycles. The van der Waals surface area contributed by atoms with Crippen molar-refractivity contribution in [2.24, 2.45) is 0 Å². The zero-order valence-electron chi connectivity index (χ0n) is 13.4. The fourth-order valence-corrected chi connectivity index (χ4v) is 2.99. The van der Waals surface area contributed by atoms with E-state index in [0.717, 1.165) is 17.5 Å². The van der Waals surface area contributed by atoms with Gasteiger partial charge in [-0.3, -0.25) is 4.79 Å². The van der Waals surface area contributed by atoms with E-state index in [4.69, 9.17) is 16.3 Å². The van der Waals surface area contributed by atoms with Gasteiger partial charge in [0, 0.05) is 24.2 Å². The van der Waals surface area contributed by atoms with Gasteiger partial charge in [0.05, 0.1) is 12.6 Å². The van der Waals surface area contributed by atoms with Crippen LogP contribution in [0.25, 0.3) is 0 Å². The largest absolute Gasteiger partial charge is 0.372 e. The molecule has 24 heavy (non-hydrogen) atoms. The molecule has 0 radical (unpaired) electrons. The summed E-state index contributed by atoms with van der Waals surface area (Å²) in [5.74, 6) is -0.0133. The zero-order chi connectivity index (χ0) is 16.8. The fourth-order valence-electron chi connectivity index (χ4n) is 2.86. The highest BCUT2D eigenvalue weighted by molar-refractivity contribution is 6.30. The number of halogens is 1. The Kier molecular flexibility index (Phi) is 5.86. The van der Waals surface area contributed by atoms with Crippen molar-refractivity contribution < 1.29 is 9.53 Å². The predicted molar refractivity (Wildman–Crippen MR) is 94.8 cm³/mol. The van der Waals surface area contributed by atoms with Gasteiger partial charge in [0.1, 0.15) is 0 Å². The van der Waals surface area contributed by atoms with Crippen LogP contribution < -0.4 is 10.6 Å². The Hall–Kier alpha value is -1.88. The minimum Gasteiger partial charge on any atom is -0.372 e. The summed E-state index contributed by atoms with van der Waals surface area (Å²) in [6.07, 6.45) is 0.850. The van der Waals surface area contributed by atoms with Crippen LogP contribution in [0.2, 0.25) is 5.02 Å². The third-order valence-corrected chi connectivity index (χ3v) is 4.40. The maximum atomic E-state index is 12.0. The molecule has 0 unspecified atom stereocenters. The Bertz CT molecular complexity index is 661. The second-order valence-corrected chi connectivity index (χ2v) is 6.32. The van der Waals surface area contributed by atoms with Gasteiger partial charge in [-0.15, -0.1) is 0 Å². The van der Waals surface area contributed by atoms with Crippen molar-refractivity contribution >= 4 is 17.5 Å². The summed E-state index contributed by atoms with van der Waals surface area (Å²) in [4.78, 5) is 12.0. The number of ether oxygens (including phenoxy) is 1. The van der Waals surface area contributed by atoms with Gasteiger partial charge in [-0.05, 0) is 29.7 Å². The Labute approximate surface area is 147 Å². The molecule has 0 aromatic heterocycles. The minimum absolute atomic E-state index is 0.0133. The van der Waals surface area contributed by atoms with Gasteiger partial charge in [-0.1, -0.05) is 54.1 Å². The smallest absolute Gasteiger partial charge is 0.234 e. The average Bonchev–Trinajstić information content (AvgIpc) is 3.08. The molecular formula is C19H21ClN2O2. The van der Waals surface area contributed by atoms with E-state index >= 15 is 0 Å². The van der Waals surface area contributed by atoms with E-state index in [1.807, 2.05) is 54.6 Å². The molecule has 0 bridgehead atoms. The number of hydrogen-bond donors (Lipinski definition) is 2. The molecule has 5 heteroatoms.